The zero-order valence-electron chi connectivity index (χ0n) is 11.4. The van der Waals surface area contributed by atoms with Crippen LogP contribution in [0.25, 0.3) is 5.69 Å². The SMILES string of the molecule is CCOC(=O)N1C=NC2c3ccccc3-n3cncc3N21. The van der Waals surface area contributed by atoms with E-state index < -0.39 is 6.09 Å². The molecule has 2 aliphatic rings. The maximum absolute atomic E-state index is 12.1. The van der Waals surface area contributed by atoms with E-state index in [1.54, 1.807) is 24.5 Å². The van der Waals surface area contributed by atoms with Crippen molar-refractivity contribution in [3.05, 3.63) is 42.4 Å². The standard InChI is InChI=1S/C14H13N5O2/c1-2-21-14(20)18-9-16-13-10-5-3-4-6-11(10)17-8-15-7-12(17)19(13)18/h3-9,13H,2H2,1H3. The summed E-state index contributed by atoms with van der Waals surface area (Å²) >= 11 is 0. The van der Waals surface area contributed by atoms with Crippen molar-refractivity contribution in [2.45, 2.75) is 13.1 Å². The lowest BCUT2D eigenvalue weighted by atomic mass is 10.1. The third-order valence-electron chi connectivity index (χ3n) is 3.56. The van der Waals surface area contributed by atoms with Crippen LogP contribution in [0.4, 0.5) is 10.6 Å². The molecule has 0 aliphatic carbocycles. The molecule has 1 atom stereocenters. The highest BCUT2D eigenvalue weighted by atomic mass is 16.6. The molecule has 1 unspecified atom stereocenters. The summed E-state index contributed by atoms with van der Waals surface area (Å²) in [7, 11) is 0. The molecule has 0 saturated carbocycles. The summed E-state index contributed by atoms with van der Waals surface area (Å²) < 4.78 is 7.02. The summed E-state index contributed by atoms with van der Waals surface area (Å²) in [6.45, 7) is 2.09. The Morgan fingerprint density at radius 3 is 3.10 bits per heavy atom. The van der Waals surface area contributed by atoms with Crippen molar-refractivity contribution in [2.24, 2.45) is 4.99 Å². The molecule has 106 valence electrons. The van der Waals surface area contributed by atoms with Gasteiger partial charge in [-0.05, 0) is 13.0 Å². The van der Waals surface area contributed by atoms with Gasteiger partial charge in [0.15, 0.2) is 12.0 Å². The van der Waals surface area contributed by atoms with E-state index in [9.17, 15) is 4.79 Å². The second-order valence-electron chi connectivity index (χ2n) is 4.71. The lowest BCUT2D eigenvalue weighted by molar-refractivity contribution is 0.126. The predicted octanol–water partition coefficient (Wildman–Crippen LogP) is 2.11. The van der Waals surface area contributed by atoms with Gasteiger partial charge in [0.25, 0.3) is 0 Å². The summed E-state index contributed by atoms with van der Waals surface area (Å²) in [5.74, 6) is 0.782. The maximum Gasteiger partial charge on any atom is 0.434 e. The minimum atomic E-state index is -0.448. The van der Waals surface area contributed by atoms with E-state index in [2.05, 4.69) is 9.98 Å². The Balaban J connectivity index is 1.84. The van der Waals surface area contributed by atoms with Crippen molar-refractivity contribution in [3.63, 3.8) is 0 Å². The van der Waals surface area contributed by atoms with Crippen LogP contribution in [0.1, 0.15) is 18.7 Å². The summed E-state index contributed by atoms with van der Waals surface area (Å²) in [6, 6.07) is 7.95. The highest BCUT2D eigenvalue weighted by Crippen LogP contribution is 2.41. The van der Waals surface area contributed by atoms with Crippen molar-refractivity contribution >= 4 is 18.2 Å². The van der Waals surface area contributed by atoms with Crippen molar-refractivity contribution < 1.29 is 9.53 Å². The van der Waals surface area contributed by atoms with Crippen LogP contribution in [0.3, 0.4) is 0 Å². The van der Waals surface area contributed by atoms with Gasteiger partial charge in [-0.2, -0.15) is 5.01 Å². The number of rotatable bonds is 1. The van der Waals surface area contributed by atoms with Crippen LogP contribution in [0.5, 0.6) is 0 Å². The van der Waals surface area contributed by atoms with Gasteiger partial charge >= 0.3 is 6.09 Å². The Morgan fingerprint density at radius 1 is 1.38 bits per heavy atom. The van der Waals surface area contributed by atoms with Gasteiger partial charge in [-0.3, -0.25) is 4.57 Å². The highest BCUT2D eigenvalue weighted by molar-refractivity contribution is 5.87. The van der Waals surface area contributed by atoms with Gasteiger partial charge < -0.3 is 4.74 Å². The Hall–Kier alpha value is -2.83. The van der Waals surface area contributed by atoms with Crippen molar-refractivity contribution in [1.82, 2.24) is 14.6 Å². The number of anilines is 1. The number of aliphatic imine (C=N–C) groups is 1. The Kier molecular flexibility index (Phi) is 2.47. The minimum absolute atomic E-state index is 0.269. The number of ether oxygens (including phenoxy) is 1. The molecule has 3 heterocycles. The lowest BCUT2D eigenvalue weighted by Crippen LogP contribution is -2.45. The van der Waals surface area contributed by atoms with Gasteiger partial charge in [0.2, 0.25) is 0 Å². The lowest BCUT2D eigenvalue weighted by Gasteiger charge is -2.35. The quantitative estimate of drug-likeness (QED) is 0.804. The van der Waals surface area contributed by atoms with E-state index in [1.807, 2.05) is 28.8 Å². The predicted molar refractivity (Wildman–Crippen MR) is 76.1 cm³/mol. The molecule has 2 aliphatic heterocycles. The van der Waals surface area contributed by atoms with Gasteiger partial charge in [0.1, 0.15) is 12.7 Å². The molecular formula is C14H13N5O2. The Bertz CT molecular complexity index is 738. The van der Waals surface area contributed by atoms with E-state index >= 15 is 0 Å². The van der Waals surface area contributed by atoms with Gasteiger partial charge in [-0.15, -0.1) is 0 Å². The fourth-order valence-electron chi connectivity index (χ4n) is 2.70. The van der Waals surface area contributed by atoms with Crippen molar-refractivity contribution in [2.75, 3.05) is 11.6 Å². The normalized spacial score (nSPS) is 18.2. The van der Waals surface area contributed by atoms with Gasteiger partial charge in [-0.25, -0.2) is 19.8 Å². The van der Waals surface area contributed by atoms with E-state index in [0.717, 1.165) is 17.1 Å². The first kappa shape index (κ1) is 12.0. The fraction of sp³-hybridized carbons (Fsp3) is 0.214. The maximum atomic E-state index is 12.1. The van der Waals surface area contributed by atoms with E-state index in [0.29, 0.717) is 6.61 Å². The highest BCUT2D eigenvalue weighted by Gasteiger charge is 2.40. The minimum Gasteiger partial charge on any atom is -0.448 e. The Morgan fingerprint density at radius 2 is 2.24 bits per heavy atom. The summed E-state index contributed by atoms with van der Waals surface area (Å²) in [6.07, 6.45) is 4.23. The number of amides is 1. The van der Waals surface area contributed by atoms with Crippen LogP contribution >= 0.6 is 0 Å². The molecule has 21 heavy (non-hydrogen) atoms. The monoisotopic (exact) mass is 283 g/mol. The average molecular weight is 283 g/mol. The Labute approximate surface area is 121 Å². The molecule has 0 radical (unpaired) electrons. The molecule has 4 rings (SSSR count). The largest absolute Gasteiger partial charge is 0.448 e. The number of carbonyl (C=O) groups excluding carboxylic acids is 1. The number of nitrogens with zero attached hydrogens (tertiary/aromatic N) is 5. The molecule has 0 spiro atoms. The molecule has 0 N–H and O–H groups in total. The molecule has 7 heteroatoms. The van der Waals surface area contributed by atoms with E-state index in [-0.39, 0.29) is 6.17 Å². The van der Waals surface area contributed by atoms with Crippen LogP contribution in [-0.2, 0) is 4.74 Å². The summed E-state index contributed by atoms with van der Waals surface area (Å²) in [5.41, 5.74) is 2.04. The average Bonchev–Trinajstić information content (AvgIpc) is 3.14. The van der Waals surface area contributed by atoms with Crippen LogP contribution < -0.4 is 5.01 Å². The summed E-state index contributed by atoms with van der Waals surface area (Å²) in [5, 5.41) is 3.17. The smallest absolute Gasteiger partial charge is 0.434 e. The van der Waals surface area contributed by atoms with E-state index in [1.165, 1.54) is 11.3 Å². The molecule has 2 aromatic rings. The van der Waals surface area contributed by atoms with Crippen LogP contribution in [0, 0.1) is 0 Å². The number of hydrogen-bond acceptors (Lipinski definition) is 5. The van der Waals surface area contributed by atoms with Crippen molar-refractivity contribution in [3.8, 4) is 5.69 Å². The zero-order valence-corrected chi connectivity index (χ0v) is 11.4. The first-order valence-corrected chi connectivity index (χ1v) is 6.71. The number of aromatic nitrogens is 2. The van der Waals surface area contributed by atoms with Crippen molar-refractivity contribution in [1.29, 1.82) is 0 Å². The van der Waals surface area contributed by atoms with Crippen LogP contribution in [0.15, 0.2) is 41.8 Å². The molecule has 7 nitrogen and oxygen atoms in total. The number of imidazole rings is 1. The summed E-state index contributed by atoms with van der Waals surface area (Å²) in [4.78, 5) is 20.7. The molecule has 1 aromatic carbocycles. The number of fused-ring (bicyclic) bond motifs is 6. The van der Waals surface area contributed by atoms with Gasteiger partial charge in [0.05, 0.1) is 18.5 Å². The topological polar surface area (TPSA) is 63.0 Å². The number of hydrazine groups is 1. The number of benzene rings is 1. The van der Waals surface area contributed by atoms with Crippen LogP contribution in [0.2, 0.25) is 0 Å². The second kappa shape index (κ2) is 4.34. The molecule has 1 aromatic heterocycles. The molecule has 1 amide bonds. The van der Waals surface area contributed by atoms with Gasteiger partial charge in [0, 0.05) is 5.56 Å². The molecule has 0 bridgehead atoms. The second-order valence-corrected chi connectivity index (χ2v) is 4.71. The number of hydrogen-bond donors (Lipinski definition) is 0. The fourth-order valence-corrected chi connectivity index (χ4v) is 2.70. The molecule has 0 fully saturated rings. The molecule has 0 saturated heterocycles. The van der Waals surface area contributed by atoms with E-state index in [4.69, 9.17) is 4.74 Å². The first-order chi connectivity index (χ1) is 10.3. The molecular weight excluding hydrogens is 270 g/mol. The number of para-hydroxylation sites is 1. The zero-order chi connectivity index (χ0) is 14.4. The third-order valence-corrected chi connectivity index (χ3v) is 3.56. The number of carbonyl (C=O) groups is 1. The van der Waals surface area contributed by atoms with Crippen LogP contribution in [-0.4, -0.2) is 33.6 Å². The van der Waals surface area contributed by atoms with Gasteiger partial charge in [-0.1, -0.05) is 18.2 Å². The first-order valence-electron chi connectivity index (χ1n) is 6.71. The third kappa shape index (κ3) is 1.57.